The highest BCUT2D eigenvalue weighted by molar-refractivity contribution is 5.14. The van der Waals surface area contributed by atoms with Gasteiger partial charge in [-0.15, -0.1) is 0 Å². The van der Waals surface area contributed by atoms with Crippen molar-refractivity contribution in [3.05, 3.63) is 35.9 Å². The van der Waals surface area contributed by atoms with Gasteiger partial charge in [-0.25, -0.2) is 4.39 Å². The Labute approximate surface area is 73.4 Å². The van der Waals surface area contributed by atoms with E-state index in [1.54, 1.807) is 13.8 Å². The van der Waals surface area contributed by atoms with Gasteiger partial charge in [0.2, 0.25) is 0 Å². The van der Waals surface area contributed by atoms with Crippen molar-refractivity contribution in [2.24, 2.45) is 0 Å². The first-order chi connectivity index (χ1) is 5.58. The van der Waals surface area contributed by atoms with Gasteiger partial charge >= 0.3 is 0 Å². The smallest absolute Gasteiger partial charge is 0.105 e. The molecule has 0 radical (unpaired) electrons. The largest absolute Gasteiger partial charge is 0.244 e. The third-order valence-corrected chi connectivity index (χ3v) is 1.85. The van der Waals surface area contributed by atoms with Crippen LogP contribution in [-0.4, -0.2) is 5.67 Å². The molecule has 1 heteroatoms. The topological polar surface area (TPSA) is 0 Å². The van der Waals surface area contributed by atoms with Crippen molar-refractivity contribution in [3.63, 3.8) is 0 Å². The van der Waals surface area contributed by atoms with Crippen LogP contribution in [0, 0.1) is 0 Å². The van der Waals surface area contributed by atoms with Gasteiger partial charge in [0.05, 0.1) is 0 Å². The molecule has 66 valence electrons. The molecule has 0 aliphatic carbocycles. The quantitative estimate of drug-likeness (QED) is 0.645. The van der Waals surface area contributed by atoms with Crippen LogP contribution in [0.5, 0.6) is 0 Å². The summed E-state index contributed by atoms with van der Waals surface area (Å²) in [6, 6.07) is 10.0. The first kappa shape index (κ1) is 9.24. The number of halogens is 1. The van der Waals surface area contributed by atoms with Crippen molar-refractivity contribution in [2.75, 3.05) is 0 Å². The maximum atomic E-state index is 13.1. The van der Waals surface area contributed by atoms with E-state index in [0.29, 0.717) is 6.42 Å². The van der Waals surface area contributed by atoms with E-state index in [2.05, 4.69) is 0 Å². The van der Waals surface area contributed by atoms with E-state index in [1.807, 2.05) is 30.3 Å². The van der Waals surface area contributed by atoms with E-state index < -0.39 is 5.67 Å². The van der Waals surface area contributed by atoms with E-state index in [9.17, 15) is 4.39 Å². The zero-order valence-electron chi connectivity index (χ0n) is 7.68. The van der Waals surface area contributed by atoms with E-state index in [1.165, 1.54) is 5.56 Å². The minimum absolute atomic E-state index is 0.594. The van der Waals surface area contributed by atoms with Gasteiger partial charge in [0.25, 0.3) is 0 Å². The summed E-state index contributed by atoms with van der Waals surface area (Å²) in [5.74, 6) is 0. The molecule has 0 amide bonds. The molecule has 0 saturated heterocycles. The molecule has 0 atom stereocenters. The third kappa shape index (κ3) is 3.51. The Morgan fingerprint density at radius 1 is 1.17 bits per heavy atom. The van der Waals surface area contributed by atoms with Crippen LogP contribution < -0.4 is 0 Å². The van der Waals surface area contributed by atoms with E-state index in [0.717, 1.165) is 6.42 Å². The lowest BCUT2D eigenvalue weighted by Crippen LogP contribution is -2.12. The zero-order valence-corrected chi connectivity index (χ0v) is 7.68. The molecular formula is C11H15F. The van der Waals surface area contributed by atoms with Crippen LogP contribution in [0.25, 0.3) is 0 Å². The van der Waals surface area contributed by atoms with Gasteiger partial charge in [0.1, 0.15) is 5.67 Å². The Bertz CT molecular complexity index is 221. The fourth-order valence-electron chi connectivity index (χ4n) is 1.09. The molecule has 0 heterocycles. The molecule has 0 spiro atoms. The average Bonchev–Trinajstić information content (AvgIpc) is 2.02. The van der Waals surface area contributed by atoms with Gasteiger partial charge in [-0.2, -0.15) is 0 Å². The average molecular weight is 166 g/mol. The molecule has 1 rings (SSSR count). The van der Waals surface area contributed by atoms with Crippen molar-refractivity contribution in [3.8, 4) is 0 Å². The van der Waals surface area contributed by atoms with Gasteiger partial charge in [-0.05, 0) is 32.3 Å². The van der Waals surface area contributed by atoms with Crippen LogP contribution in [-0.2, 0) is 6.42 Å². The second-order valence-electron chi connectivity index (χ2n) is 3.70. The highest BCUT2D eigenvalue weighted by atomic mass is 19.1. The van der Waals surface area contributed by atoms with Crippen molar-refractivity contribution in [1.29, 1.82) is 0 Å². The number of rotatable bonds is 3. The van der Waals surface area contributed by atoms with Crippen molar-refractivity contribution in [1.82, 2.24) is 0 Å². The lowest BCUT2D eigenvalue weighted by molar-refractivity contribution is 0.202. The Morgan fingerprint density at radius 3 is 2.25 bits per heavy atom. The fraction of sp³-hybridized carbons (Fsp3) is 0.455. The second kappa shape index (κ2) is 3.70. The number of benzene rings is 1. The minimum Gasteiger partial charge on any atom is -0.244 e. The molecule has 0 nitrogen and oxygen atoms in total. The summed E-state index contributed by atoms with van der Waals surface area (Å²) in [6.07, 6.45) is 1.42. The van der Waals surface area contributed by atoms with Crippen LogP contribution in [0.4, 0.5) is 4.39 Å². The summed E-state index contributed by atoms with van der Waals surface area (Å²) >= 11 is 0. The predicted octanol–water partition coefficient (Wildman–Crippen LogP) is 3.37. The summed E-state index contributed by atoms with van der Waals surface area (Å²) in [6.45, 7) is 3.24. The molecule has 1 aromatic rings. The van der Waals surface area contributed by atoms with E-state index in [4.69, 9.17) is 0 Å². The summed E-state index contributed by atoms with van der Waals surface area (Å²) in [4.78, 5) is 0. The Hall–Kier alpha value is -0.850. The highest BCUT2D eigenvalue weighted by Crippen LogP contribution is 2.16. The second-order valence-corrected chi connectivity index (χ2v) is 3.70. The molecule has 1 aromatic carbocycles. The number of hydrogen-bond donors (Lipinski definition) is 0. The molecule has 0 aliphatic heterocycles. The molecule has 0 saturated carbocycles. The monoisotopic (exact) mass is 166 g/mol. The summed E-state index contributed by atoms with van der Waals surface area (Å²) in [7, 11) is 0. The SMILES string of the molecule is CC(C)(F)CCc1ccccc1. The standard InChI is InChI=1S/C11H15F/c1-11(2,12)9-8-10-6-4-3-5-7-10/h3-7H,8-9H2,1-2H3. The van der Waals surface area contributed by atoms with Crippen molar-refractivity contribution >= 4 is 0 Å². The molecule has 0 unspecified atom stereocenters. The van der Waals surface area contributed by atoms with E-state index >= 15 is 0 Å². The molecule has 0 fully saturated rings. The zero-order chi connectivity index (χ0) is 9.03. The van der Waals surface area contributed by atoms with Crippen LogP contribution in [0.1, 0.15) is 25.8 Å². The molecule has 0 bridgehead atoms. The van der Waals surface area contributed by atoms with Gasteiger partial charge in [0, 0.05) is 0 Å². The van der Waals surface area contributed by atoms with Gasteiger partial charge in [-0.1, -0.05) is 30.3 Å². The fourth-order valence-corrected chi connectivity index (χ4v) is 1.09. The lowest BCUT2D eigenvalue weighted by Gasteiger charge is -2.13. The molecule has 12 heavy (non-hydrogen) atoms. The minimum atomic E-state index is -1.05. The first-order valence-corrected chi connectivity index (χ1v) is 4.31. The molecular weight excluding hydrogens is 151 g/mol. The normalized spacial score (nSPS) is 11.6. The predicted molar refractivity (Wildman–Crippen MR) is 50.0 cm³/mol. The summed E-state index contributed by atoms with van der Waals surface area (Å²) in [5, 5.41) is 0. The Morgan fingerprint density at radius 2 is 1.75 bits per heavy atom. The highest BCUT2D eigenvalue weighted by Gasteiger charge is 2.14. The number of alkyl halides is 1. The van der Waals surface area contributed by atoms with Crippen LogP contribution in [0.3, 0.4) is 0 Å². The van der Waals surface area contributed by atoms with Gasteiger partial charge < -0.3 is 0 Å². The summed E-state index contributed by atoms with van der Waals surface area (Å²) in [5.41, 5.74) is 0.166. The van der Waals surface area contributed by atoms with Crippen molar-refractivity contribution in [2.45, 2.75) is 32.4 Å². The van der Waals surface area contributed by atoms with Crippen molar-refractivity contribution < 1.29 is 4.39 Å². The number of aryl methyl sites for hydroxylation is 1. The van der Waals surface area contributed by atoms with Gasteiger partial charge in [-0.3, -0.25) is 0 Å². The van der Waals surface area contributed by atoms with E-state index in [-0.39, 0.29) is 0 Å². The molecule has 0 N–H and O–H groups in total. The third-order valence-electron chi connectivity index (χ3n) is 1.85. The maximum absolute atomic E-state index is 13.1. The van der Waals surface area contributed by atoms with Crippen LogP contribution >= 0.6 is 0 Å². The lowest BCUT2D eigenvalue weighted by atomic mass is 10.0. The Kier molecular flexibility index (Phi) is 2.85. The molecule has 0 aliphatic rings. The maximum Gasteiger partial charge on any atom is 0.105 e. The number of hydrogen-bond acceptors (Lipinski definition) is 0. The van der Waals surface area contributed by atoms with Crippen LogP contribution in [0.2, 0.25) is 0 Å². The van der Waals surface area contributed by atoms with Crippen LogP contribution in [0.15, 0.2) is 30.3 Å². The molecule has 0 aromatic heterocycles. The Balaban J connectivity index is 2.44. The van der Waals surface area contributed by atoms with Gasteiger partial charge in [0.15, 0.2) is 0 Å². The first-order valence-electron chi connectivity index (χ1n) is 4.31. The summed E-state index contributed by atoms with van der Waals surface area (Å²) < 4.78 is 13.1.